The number of carbonyl (C=O) groups excluding carboxylic acids is 1. The highest BCUT2D eigenvalue weighted by molar-refractivity contribution is 7.99. The van der Waals surface area contributed by atoms with Crippen molar-refractivity contribution >= 4 is 17.7 Å². The van der Waals surface area contributed by atoms with Gasteiger partial charge in [-0.2, -0.15) is 11.8 Å². The van der Waals surface area contributed by atoms with E-state index in [2.05, 4.69) is 10.2 Å². The molecule has 5 heteroatoms. The molecule has 1 saturated heterocycles. The molecule has 0 aliphatic carbocycles. The first-order valence-electron chi connectivity index (χ1n) is 7.50. The fraction of sp³-hybridized carbons (Fsp3) is 0.353. The molecule has 2 aromatic rings. The van der Waals surface area contributed by atoms with Crippen molar-refractivity contribution < 1.29 is 9.21 Å². The number of hydrogen-bond donors (Lipinski definition) is 1. The van der Waals surface area contributed by atoms with Crippen LogP contribution in [-0.2, 0) is 11.3 Å². The summed E-state index contributed by atoms with van der Waals surface area (Å²) in [5.41, 5.74) is 2.04. The summed E-state index contributed by atoms with van der Waals surface area (Å²) in [7, 11) is 0. The molecule has 1 aromatic heterocycles. The topological polar surface area (TPSA) is 45.5 Å². The van der Waals surface area contributed by atoms with Gasteiger partial charge in [-0.3, -0.25) is 9.69 Å². The molecule has 1 aliphatic rings. The minimum absolute atomic E-state index is 0.0549. The zero-order valence-corrected chi connectivity index (χ0v) is 13.2. The summed E-state index contributed by atoms with van der Waals surface area (Å²) >= 11 is 1.95. The molecule has 22 heavy (non-hydrogen) atoms. The van der Waals surface area contributed by atoms with Crippen molar-refractivity contribution in [2.24, 2.45) is 0 Å². The number of benzene rings is 1. The first-order valence-corrected chi connectivity index (χ1v) is 8.65. The van der Waals surface area contributed by atoms with Crippen LogP contribution in [0.15, 0.2) is 53.3 Å². The van der Waals surface area contributed by atoms with Gasteiger partial charge in [-0.1, -0.05) is 30.3 Å². The lowest BCUT2D eigenvalue weighted by atomic mass is 10.0. The van der Waals surface area contributed by atoms with Crippen LogP contribution in [-0.4, -0.2) is 35.4 Å². The number of amides is 1. The largest absolute Gasteiger partial charge is 0.472 e. The van der Waals surface area contributed by atoms with E-state index in [1.165, 1.54) is 0 Å². The minimum atomic E-state index is -0.214. The molecule has 3 rings (SSSR count). The third kappa shape index (κ3) is 3.72. The maximum absolute atomic E-state index is 12.7. The van der Waals surface area contributed by atoms with Crippen LogP contribution in [0.4, 0.5) is 0 Å². The van der Waals surface area contributed by atoms with Crippen molar-refractivity contribution in [3.63, 3.8) is 0 Å². The van der Waals surface area contributed by atoms with E-state index in [1.807, 2.05) is 48.2 Å². The van der Waals surface area contributed by atoms with Crippen LogP contribution in [0.25, 0.3) is 0 Å². The highest BCUT2D eigenvalue weighted by Gasteiger charge is 2.28. The number of nitrogens with one attached hydrogen (secondary N) is 1. The second kappa shape index (κ2) is 7.51. The van der Waals surface area contributed by atoms with Crippen LogP contribution in [0.5, 0.6) is 0 Å². The van der Waals surface area contributed by atoms with Gasteiger partial charge in [0.15, 0.2) is 0 Å². The van der Waals surface area contributed by atoms with Crippen LogP contribution < -0.4 is 5.32 Å². The second-order valence-electron chi connectivity index (χ2n) is 5.31. The molecule has 1 aromatic carbocycles. The summed E-state index contributed by atoms with van der Waals surface area (Å²) in [6, 6.07) is 11.7. The minimum Gasteiger partial charge on any atom is -0.472 e. The van der Waals surface area contributed by atoms with Gasteiger partial charge in [0, 0.05) is 36.7 Å². The zero-order valence-electron chi connectivity index (χ0n) is 12.4. The molecule has 0 radical (unpaired) electrons. The smallest absolute Gasteiger partial charge is 0.242 e. The number of nitrogens with zero attached hydrogens (tertiary/aromatic N) is 1. The van der Waals surface area contributed by atoms with Crippen molar-refractivity contribution in [1.82, 2.24) is 10.2 Å². The standard InChI is InChI=1S/C17H20N2O2S/c20-17(18-12-14-6-9-21-13-14)16(15-4-2-1-3-5-15)19-7-10-22-11-8-19/h1-6,9,13,16H,7-8,10-12H2,(H,18,20)/t16-/m0/s1. The van der Waals surface area contributed by atoms with Gasteiger partial charge in [0.25, 0.3) is 0 Å². The lowest BCUT2D eigenvalue weighted by molar-refractivity contribution is -0.126. The van der Waals surface area contributed by atoms with Crippen molar-refractivity contribution in [3.05, 3.63) is 60.1 Å². The summed E-state index contributed by atoms with van der Waals surface area (Å²) in [6.45, 7) is 2.40. The summed E-state index contributed by atoms with van der Waals surface area (Å²) < 4.78 is 5.04. The second-order valence-corrected chi connectivity index (χ2v) is 6.54. The molecule has 1 fully saturated rings. The molecular formula is C17H20N2O2S. The highest BCUT2D eigenvalue weighted by atomic mass is 32.2. The molecule has 0 spiro atoms. The van der Waals surface area contributed by atoms with Crippen LogP contribution in [0.3, 0.4) is 0 Å². The Morgan fingerprint density at radius 1 is 1.23 bits per heavy atom. The van der Waals surface area contributed by atoms with Gasteiger partial charge in [0.2, 0.25) is 5.91 Å². The molecule has 0 bridgehead atoms. The van der Waals surface area contributed by atoms with Gasteiger partial charge in [-0.25, -0.2) is 0 Å². The van der Waals surface area contributed by atoms with Crippen molar-refractivity contribution in [1.29, 1.82) is 0 Å². The lowest BCUT2D eigenvalue weighted by Gasteiger charge is -2.33. The van der Waals surface area contributed by atoms with Crippen molar-refractivity contribution in [2.45, 2.75) is 12.6 Å². The fourth-order valence-electron chi connectivity index (χ4n) is 2.68. The van der Waals surface area contributed by atoms with Crippen molar-refractivity contribution in [3.8, 4) is 0 Å². The van der Waals surface area contributed by atoms with E-state index in [-0.39, 0.29) is 11.9 Å². The Balaban J connectivity index is 1.73. The average molecular weight is 316 g/mol. The quantitative estimate of drug-likeness (QED) is 0.921. The van der Waals surface area contributed by atoms with Crippen LogP contribution in [0.1, 0.15) is 17.2 Å². The van der Waals surface area contributed by atoms with E-state index in [4.69, 9.17) is 4.42 Å². The maximum atomic E-state index is 12.7. The SMILES string of the molecule is O=C(NCc1ccoc1)[C@H](c1ccccc1)N1CCSCC1. The number of thioether (sulfide) groups is 1. The monoisotopic (exact) mass is 316 g/mol. The molecule has 2 heterocycles. The first-order chi connectivity index (χ1) is 10.8. The molecule has 4 nitrogen and oxygen atoms in total. The third-order valence-corrected chi connectivity index (χ3v) is 4.76. The van der Waals surface area contributed by atoms with Gasteiger partial charge in [-0.05, 0) is 11.6 Å². The maximum Gasteiger partial charge on any atom is 0.242 e. The van der Waals surface area contributed by atoms with Crippen LogP contribution in [0, 0.1) is 0 Å². The van der Waals surface area contributed by atoms with E-state index in [0.29, 0.717) is 6.54 Å². The Morgan fingerprint density at radius 2 is 2.00 bits per heavy atom. The molecule has 1 amide bonds. The normalized spacial score (nSPS) is 17.1. The van der Waals surface area contributed by atoms with E-state index in [0.717, 1.165) is 35.7 Å². The summed E-state index contributed by atoms with van der Waals surface area (Å²) in [4.78, 5) is 15.0. The third-order valence-electron chi connectivity index (χ3n) is 3.82. The lowest BCUT2D eigenvalue weighted by Crippen LogP contribution is -2.44. The molecule has 1 aliphatic heterocycles. The van der Waals surface area contributed by atoms with E-state index >= 15 is 0 Å². The van der Waals surface area contributed by atoms with E-state index < -0.39 is 0 Å². The predicted octanol–water partition coefficient (Wildman–Crippen LogP) is 2.69. The first kappa shape index (κ1) is 15.2. The van der Waals surface area contributed by atoms with E-state index in [1.54, 1.807) is 12.5 Å². The van der Waals surface area contributed by atoms with Gasteiger partial charge in [0.05, 0.1) is 12.5 Å². The van der Waals surface area contributed by atoms with Crippen LogP contribution >= 0.6 is 11.8 Å². The molecular weight excluding hydrogens is 296 g/mol. The molecule has 1 N–H and O–H groups in total. The zero-order chi connectivity index (χ0) is 15.2. The Labute approximate surface area is 134 Å². The number of furan rings is 1. The number of hydrogen-bond acceptors (Lipinski definition) is 4. The number of rotatable bonds is 5. The highest BCUT2D eigenvalue weighted by Crippen LogP contribution is 2.24. The molecule has 0 unspecified atom stereocenters. The fourth-order valence-corrected chi connectivity index (χ4v) is 3.61. The molecule has 0 saturated carbocycles. The summed E-state index contributed by atoms with van der Waals surface area (Å²) in [6.07, 6.45) is 3.29. The Kier molecular flexibility index (Phi) is 5.19. The Morgan fingerprint density at radius 3 is 2.68 bits per heavy atom. The van der Waals surface area contributed by atoms with Gasteiger partial charge in [0.1, 0.15) is 6.04 Å². The summed E-state index contributed by atoms with van der Waals surface area (Å²) in [5, 5.41) is 3.03. The van der Waals surface area contributed by atoms with Crippen molar-refractivity contribution in [2.75, 3.05) is 24.6 Å². The van der Waals surface area contributed by atoms with Gasteiger partial charge in [-0.15, -0.1) is 0 Å². The van der Waals surface area contributed by atoms with E-state index in [9.17, 15) is 4.79 Å². The molecule has 1 atom stereocenters. The predicted molar refractivity (Wildman–Crippen MR) is 88.6 cm³/mol. The van der Waals surface area contributed by atoms with Gasteiger partial charge < -0.3 is 9.73 Å². The Hall–Kier alpha value is -1.72. The van der Waals surface area contributed by atoms with Gasteiger partial charge >= 0.3 is 0 Å². The summed E-state index contributed by atoms with van der Waals surface area (Å²) in [5.74, 6) is 2.22. The Bertz CT molecular complexity index is 580. The average Bonchev–Trinajstić information content (AvgIpc) is 3.09. The van der Waals surface area contributed by atoms with Crippen LogP contribution in [0.2, 0.25) is 0 Å². The molecule has 116 valence electrons. The number of carbonyl (C=O) groups is 1.